The monoisotopic (exact) mass is 940 g/mol. The van der Waals surface area contributed by atoms with Crippen LogP contribution < -0.4 is 4.90 Å². The molecule has 14 rings (SSSR count). The van der Waals surface area contributed by atoms with Crippen LogP contribution in [0.25, 0.3) is 115 Å². The first-order valence-corrected chi connectivity index (χ1v) is 25.5. The van der Waals surface area contributed by atoms with Crippen LogP contribution in [0.1, 0.15) is 0 Å². The normalized spacial score (nSPS) is 11.5. The fraction of sp³-hybridized carbons (Fsp3) is 0. The summed E-state index contributed by atoms with van der Waals surface area (Å²) in [6.45, 7) is 0. The number of hydrogen-bond acceptors (Lipinski definition) is 1. The zero-order chi connectivity index (χ0) is 49.0. The maximum absolute atomic E-state index is 2.44. The van der Waals surface area contributed by atoms with E-state index in [0.29, 0.717) is 0 Å². The summed E-state index contributed by atoms with van der Waals surface area (Å²) in [5.41, 5.74) is 18.6. The van der Waals surface area contributed by atoms with Crippen LogP contribution in [0.15, 0.2) is 291 Å². The summed E-state index contributed by atoms with van der Waals surface area (Å²) in [7, 11) is 0. The summed E-state index contributed by atoms with van der Waals surface area (Å²) in [5.74, 6) is 0. The molecule has 74 heavy (non-hydrogen) atoms. The number of fused-ring (bicyclic) bond motifs is 7. The predicted octanol–water partition coefficient (Wildman–Crippen LogP) is 20.0. The molecule has 0 radical (unpaired) electrons. The van der Waals surface area contributed by atoms with Gasteiger partial charge in [0.25, 0.3) is 0 Å². The molecular weight excluding hydrogens is 893 g/mol. The van der Waals surface area contributed by atoms with Crippen LogP contribution in [0.3, 0.4) is 0 Å². The lowest BCUT2D eigenvalue weighted by molar-refractivity contribution is 1.18. The summed E-state index contributed by atoms with van der Waals surface area (Å²) in [4.78, 5) is 2.44. The zero-order valence-electron chi connectivity index (χ0n) is 40.6. The third-order valence-corrected chi connectivity index (χ3v) is 14.9. The van der Waals surface area contributed by atoms with Crippen molar-refractivity contribution in [2.24, 2.45) is 0 Å². The second-order valence-corrected chi connectivity index (χ2v) is 19.2. The Hall–Kier alpha value is -9.76. The van der Waals surface area contributed by atoms with Crippen LogP contribution in [0.2, 0.25) is 0 Å². The molecule has 0 saturated carbocycles. The Morgan fingerprint density at radius 2 is 0.689 bits per heavy atom. The van der Waals surface area contributed by atoms with E-state index < -0.39 is 0 Å². The van der Waals surface area contributed by atoms with Crippen LogP contribution in [0.4, 0.5) is 17.1 Å². The molecule has 13 aromatic carbocycles. The highest BCUT2D eigenvalue weighted by Crippen LogP contribution is 2.47. The average molecular weight is 941 g/mol. The largest absolute Gasteiger partial charge is 0.310 e. The van der Waals surface area contributed by atoms with Crippen molar-refractivity contribution < 1.29 is 0 Å². The van der Waals surface area contributed by atoms with Crippen molar-refractivity contribution in [2.75, 3.05) is 4.90 Å². The Bertz CT molecular complexity index is 4410. The summed E-state index contributed by atoms with van der Waals surface area (Å²) in [5, 5.41) is 9.90. The molecule has 14 aromatic rings. The van der Waals surface area contributed by atoms with Gasteiger partial charge in [0.1, 0.15) is 0 Å². The number of hydrogen-bond donors (Lipinski definition) is 0. The highest BCUT2D eigenvalue weighted by atomic mass is 15.1. The second-order valence-electron chi connectivity index (χ2n) is 19.2. The van der Waals surface area contributed by atoms with E-state index in [1.165, 1.54) is 87.5 Å². The molecule has 0 saturated heterocycles. The smallest absolute Gasteiger partial charge is 0.0619 e. The van der Waals surface area contributed by atoms with Gasteiger partial charge in [0.2, 0.25) is 0 Å². The number of para-hydroxylation sites is 3. The van der Waals surface area contributed by atoms with Gasteiger partial charge in [-0.3, -0.25) is 0 Å². The Labute approximate surface area is 430 Å². The molecule has 1 heterocycles. The van der Waals surface area contributed by atoms with E-state index in [4.69, 9.17) is 0 Å². The molecule has 2 nitrogen and oxygen atoms in total. The molecule has 1 aromatic heterocycles. The first-order valence-electron chi connectivity index (χ1n) is 25.5. The maximum Gasteiger partial charge on any atom is 0.0619 e. The molecule has 0 fully saturated rings. The lowest BCUT2D eigenvalue weighted by Gasteiger charge is -2.27. The number of aromatic nitrogens is 1. The Kier molecular flexibility index (Phi) is 10.6. The van der Waals surface area contributed by atoms with Gasteiger partial charge in [-0.2, -0.15) is 0 Å². The van der Waals surface area contributed by atoms with Crippen LogP contribution >= 0.6 is 0 Å². The topological polar surface area (TPSA) is 8.17 Å². The summed E-state index contributed by atoms with van der Waals surface area (Å²) >= 11 is 0. The predicted molar refractivity (Wildman–Crippen MR) is 315 cm³/mol. The second kappa shape index (κ2) is 18.1. The molecule has 0 aliphatic carbocycles. The van der Waals surface area contributed by atoms with E-state index in [-0.39, 0.29) is 0 Å². The highest BCUT2D eigenvalue weighted by Gasteiger charge is 2.22. The Morgan fingerprint density at radius 1 is 0.243 bits per heavy atom. The van der Waals surface area contributed by atoms with E-state index in [2.05, 4.69) is 301 Å². The van der Waals surface area contributed by atoms with Gasteiger partial charge in [-0.15, -0.1) is 0 Å². The minimum absolute atomic E-state index is 1.07. The van der Waals surface area contributed by atoms with Gasteiger partial charge < -0.3 is 9.47 Å². The minimum atomic E-state index is 1.07. The number of benzene rings is 13. The van der Waals surface area contributed by atoms with Gasteiger partial charge in [0.15, 0.2) is 0 Å². The molecule has 2 heteroatoms. The molecular formula is C72H48N2. The van der Waals surface area contributed by atoms with Crippen molar-refractivity contribution in [3.05, 3.63) is 291 Å². The molecule has 0 unspecified atom stereocenters. The molecule has 0 atom stereocenters. The molecule has 0 bridgehead atoms. The van der Waals surface area contributed by atoms with Crippen molar-refractivity contribution in [1.29, 1.82) is 0 Å². The van der Waals surface area contributed by atoms with E-state index in [1.54, 1.807) is 0 Å². The van der Waals surface area contributed by atoms with Gasteiger partial charge in [-0.25, -0.2) is 0 Å². The first kappa shape index (κ1) is 43.1. The summed E-state index contributed by atoms with van der Waals surface area (Å²) in [6.07, 6.45) is 0. The third kappa shape index (κ3) is 7.35. The number of nitrogens with zero attached hydrogens (tertiary/aromatic N) is 2. The molecule has 0 amide bonds. The van der Waals surface area contributed by atoms with Crippen LogP contribution in [0, 0.1) is 0 Å². The van der Waals surface area contributed by atoms with Crippen molar-refractivity contribution >= 4 is 71.2 Å². The van der Waals surface area contributed by atoms with E-state index in [9.17, 15) is 0 Å². The van der Waals surface area contributed by atoms with Gasteiger partial charge in [0, 0.05) is 39.1 Å². The van der Waals surface area contributed by atoms with Crippen molar-refractivity contribution in [3.63, 3.8) is 0 Å². The van der Waals surface area contributed by atoms with Crippen molar-refractivity contribution in [3.8, 4) is 61.3 Å². The van der Waals surface area contributed by atoms with Gasteiger partial charge >= 0.3 is 0 Å². The fourth-order valence-corrected chi connectivity index (χ4v) is 11.7. The number of anilines is 3. The average Bonchev–Trinajstić information content (AvgIpc) is 3.84. The summed E-state index contributed by atoms with van der Waals surface area (Å²) in [6, 6.07) is 107. The van der Waals surface area contributed by atoms with Crippen LogP contribution in [0.5, 0.6) is 0 Å². The van der Waals surface area contributed by atoms with Crippen molar-refractivity contribution in [2.45, 2.75) is 0 Å². The van der Waals surface area contributed by atoms with Gasteiger partial charge in [0.05, 0.1) is 11.0 Å². The van der Waals surface area contributed by atoms with Crippen LogP contribution in [-0.4, -0.2) is 4.57 Å². The molecule has 0 N–H and O–H groups in total. The molecule has 346 valence electrons. The SMILES string of the molecule is c1ccc(-c2c(-c3ccccc3)c3cc(-c4cccc(N(c5cccc(-c6cccc7ccccc67)c5)c5cccc(-c6cccc7c8ccccc8n(-c8ccccc8)c67)c5)c4)ccc3c3ccccc23)cc1. The van der Waals surface area contributed by atoms with Crippen molar-refractivity contribution in [1.82, 2.24) is 4.57 Å². The fourth-order valence-electron chi connectivity index (χ4n) is 11.7. The molecule has 0 aliphatic heterocycles. The standard InChI is InChI=1S/C72H48N2/c1-4-22-50(23-5-1)70-66-38-13-12-36-63(66)64-44-43-53(48-68(64)71(70)51-24-6-2-7-25-51)52-27-16-32-57(45-52)73(58-33-17-28-54(46-58)61-39-19-26-49-21-10-11-35-60(49)61)59-34-18-29-55(47-59)62-40-20-41-67-65-37-14-15-42-69(65)74(72(62)67)56-30-8-3-9-31-56/h1-48H. The van der Waals surface area contributed by atoms with Gasteiger partial charge in [-0.05, 0) is 143 Å². The third-order valence-electron chi connectivity index (χ3n) is 14.9. The lowest BCUT2D eigenvalue weighted by atomic mass is 9.84. The quantitative estimate of drug-likeness (QED) is 0.131. The van der Waals surface area contributed by atoms with Gasteiger partial charge in [-0.1, -0.05) is 231 Å². The number of rotatable bonds is 9. The Balaban J connectivity index is 0.975. The Morgan fingerprint density at radius 3 is 1.39 bits per heavy atom. The zero-order valence-corrected chi connectivity index (χ0v) is 40.6. The molecule has 0 aliphatic rings. The van der Waals surface area contributed by atoms with Crippen LogP contribution in [-0.2, 0) is 0 Å². The van der Waals surface area contributed by atoms with E-state index >= 15 is 0 Å². The van der Waals surface area contributed by atoms with E-state index in [1.807, 2.05) is 0 Å². The summed E-state index contributed by atoms with van der Waals surface area (Å²) < 4.78 is 2.43. The maximum atomic E-state index is 2.44. The highest BCUT2D eigenvalue weighted by molar-refractivity contribution is 6.22. The van der Waals surface area contributed by atoms with E-state index in [0.717, 1.165) is 45.0 Å². The minimum Gasteiger partial charge on any atom is -0.310 e. The molecule has 0 spiro atoms. The first-order chi connectivity index (χ1) is 36.7. The lowest BCUT2D eigenvalue weighted by Crippen LogP contribution is -2.10.